The summed E-state index contributed by atoms with van der Waals surface area (Å²) in [5.41, 5.74) is 2.84. The van der Waals surface area contributed by atoms with Crippen molar-refractivity contribution >= 4 is 21.8 Å². The highest BCUT2D eigenvalue weighted by atomic mass is 79.9. The summed E-state index contributed by atoms with van der Waals surface area (Å²) in [4.78, 5) is 20.8. The van der Waals surface area contributed by atoms with E-state index in [-0.39, 0.29) is 5.91 Å². The molecule has 3 aromatic rings. The van der Waals surface area contributed by atoms with Crippen LogP contribution in [0, 0.1) is 0 Å². The lowest BCUT2D eigenvalue weighted by molar-refractivity contribution is 0.0924. The van der Waals surface area contributed by atoms with Crippen molar-refractivity contribution in [2.45, 2.75) is 6.54 Å². The van der Waals surface area contributed by atoms with Gasteiger partial charge in [0.15, 0.2) is 5.82 Å². The third-order valence-electron chi connectivity index (χ3n) is 3.65. The minimum atomic E-state index is -0.102. The molecule has 0 bridgehead atoms. The number of nitrogens with zero attached hydrogens (tertiary/aromatic N) is 4. The normalized spacial score (nSPS) is 13.5. The number of aromatic nitrogens is 4. The van der Waals surface area contributed by atoms with Crippen LogP contribution in [0.25, 0.3) is 22.8 Å². The molecule has 114 valence electrons. The minimum Gasteiger partial charge on any atom is -0.349 e. The van der Waals surface area contributed by atoms with Crippen molar-refractivity contribution in [3.05, 3.63) is 52.8 Å². The zero-order valence-electron chi connectivity index (χ0n) is 12.0. The van der Waals surface area contributed by atoms with E-state index in [1.165, 1.54) is 0 Å². The number of hydrogen-bond donors (Lipinski definition) is 1. The molecular formula is C16H12BrN5O. The minimum absolute atomic E-state index is 0.102. The van der Waals surface area contributed by atoms with Gasteiger partial charge in [0.05, 0.1) is 12.2 Å². The Hall–Kier alpha value is -2.54. The fraction of sp³-hybridized carbons (Fsp3) is 0.125. The topological polar surface area (TPSA) is 72.7 Å². The van der Waals surface area contributed by atoms with Crippen molar-refractivity contribution in [3.8, 4) is 22.8 Å². The summed E-state index contributed by atoms with van der Waals surface area (Å²) in [5, 5.41) is 7.29. The highest BCUT2D eigenvalue weighted by Crippen LogP contribution is 2.27. The average molecular weight is 370 g/mol. The Morgan fingerprint density at radius 3 is 2.87 bits per heavy atom. The van der Waals surface area contributed by atoms with Crippen LogP contribution in [0.2, 0.25) is 0 Å². The molecule has 0 unspecified atom stereocenters. The van der Waals surface area contributed by atoms with Gasteiger partial charge in [-0.3, -0.25) is 9.48 Å². The Bertz CT molecular complexity index is 905. The lowest BCUT2D eigenvalue weighted by Crippen LogP contribution is -2.35. The molecule has 0 radical (unpaired) electrons. The van der Waals surface area contributed by atoms with Gasteiger partial charge in [0, 0.05) is 22.8 Å². The molecule has 0 spiro atoms. The lowest BCUT2D eigenvalue weighted by atomic mass is 10.2. The number of nitrogens with one attached hydrogen (secondary N) is 1. The van der Waals surface area contributed by atoms with Crippen LogP contribution < -0.4 is 5.32 Å². The summed E-state index contributed by atoms with van der Waals surface area (Å²) < 4.78 is 2.65. The molecule has 1 aliphatic rings. The van der Waals surface area contributed by atoms with Crippen molar-refractivity contribution < 1.29 is 4.79 Å². The third kappa shape index (κ3) is 2.53. The summed E-state index contributed by atoms with van der Waals surface area (Å²) in [6, 6.07) is 11.3. The van der Waals surface area contributed by atoms with E-state index in [0.717, 1.165) is 10.0 Å². The van der Waals surface area contributed by atoms with Crippen molar-refractivity contribution in [2.75, 3.05) is 6.54 Å². The Balaban J connectivity index is 1.78. The molecule has 0 fully saturated rings. The van der Waals surface area contributed by atoms with Gasteiger partial charge in [0.25, 0.3) is 5.91 Å². The van der Waals surface area contributed by atoms with Gasteiger partial charge in [-0.2, -0.15) is 5.10 Å². The van der Waals surface area contributed by atoms with E-state index >= 15 is 0 Å². The van der Waals surface area contributed by atoms with Crippen LogP contribution in [0.15, 0.2) is 47.1 Å². The first-order valence-corrected chi connectivity index (χ1v) is 7.96. The predicted molar refractivity (Wildman–Crippen MR) is 88.7 cm³/mol. The number of fused-ring (bicyclic) bond motifs is 1. The molecule has 1 amide bonds. The van der Waals surface area contributed by atoms with E-state index < -0.39 is 0 Å². The molecule has 3 heterocycles. The maximum atomic E-state index is 11.9. The van der Waals surface area contributed by atoms with Crippen molar-refractivity contribution in [2.24, 2.45) is 0 Å². The molecule has 1 aromatic carbocycles. The number of halogens is 1. The number of carbonyl (C=O) groups excluding carboxylic acids is 1. The van der Waals surface area contributed by atoms with Gasteiger partial charge in [0.2, 0.25) is 0 Å². The average Bonchev–Trinajstić information content (AvgIpc) is 3.01. The number of rotatable bonds is 2. The van der Waals surface area contributed by atoms with E-state index in [4.69, 9.17) is 0 Å². The Labute approximate surface area is 140 Å². The molecule has 2 aromatic heterocycles. The fourth-order valence-corrected chi connectivity index (χ4v) is 3.00. The summed E-state index contributed by atoms with van der Waals surface area (Å²) in [6.45, 7) is 1.27. The van der Waals surface area contributed by atoms with E-state index in [1.54, 1.807) is 23.0 Å². The summed E-state index contributed by atoms with van der Waals surface area (Å²) in [6.07, 6.45) is 1.70. The second kappa shape index (κ2) is 5.58. The van der Waals surface area contributed by atoms with Crippen LogP contribution in [-0.4, -0.2) is 32.2 Å². The monoisotopic (exact) mass is 369 g/mol. The smallest absolute Gasteiger partial charge is 0.269 e. The summed E-state index contributed by atoms with van der Waals surface area (Å²) in [7, 11) is 0. The van der Waals surface area contributed by atoms with Gasteiger partial charge in [-0.05, 0) is 18.2 Å². The fourth-order valence-electron chi connectivity index (χ4n) is 2.53. The molecule has 23 heavy (non-hydrogen) atoms. The quantitative estimate of drug-likeness (QED) is 0.753. The Morgan fingerprint density at radius 2 is 2.04 bits per heavy atom. The molecule has 6 nitrogen and oxygen atoms in total. The van der Waals surface area contributed by atoms with Crippen LogP contribution in [-0.2, 0) is 6.54 Å². The maximum absolute atomic E-state index is 11.9. The van der Waals surface area contributed by atoms with E-state index in [1.807, 2.05) is 24.3 Å². The van der Waals surface area contributed by atoms with Gasteiger partial charge in [0.1, 0.15) is 11.4 Å². The first kappa shape index (κ1) is 14.1. The highest BCUT2D eigenvalue weighted by molar-refractivity contribution is 9.10. The van der Waals surface area contributed by atoms with Gasteiger partial charge in [-0.1, -0.05) is 34.1 Å². The predicted octanol–water partition coefficient (Wildman–Crippen LogP) is 2.51. The Kier molecular flexibility index (Phi) is 3.42. The summed E-state index contributed by atoms with van der Waals surface area (Å²) >= 11 is 3.52. The van der Waals surface area contributed by atoms with Crippen LogP contribution in [0.1, 0.15) is 10.5 Å². The molecule has 7 heteroatoms. The largest absolute Gasteiger partial charge is 0.349 e. The van der Waals surface area contributed by atoms with Crippen molar-refractivity contribution in [1.82, 2.24) is 25.1 Å². The zero-order chi connectivity index (χ0) is 15.8. The van der Waals surface area contributed by atoms with Gasteiger partial charge >= 0.3 is 0 Å². The Morgan fingerprint density at radius 1 is 1.17 bits per heavy atom. The number of hydrogen-bond acceptors (Lipinski definition) is 4. The molecule has 0 saturated carbocycles. The van der Waals surface area contributed by atoms with Crippen LogP contribution in [0.4, 0.5) is 0 Å². The first-order valence-electron chi connectivity index (χ1n) is 7.17. The number of amides is 1. The van der Waals surface area contributed by atoms with Crippen molar-refractivity contribution in [1.29, 1.82) is 0 Å². The SMILES string of the molecule is O=C1NCCn2nc(-c3ccnc(-c4ccccc4Br)n3)cc21. The zero-order valence-corrected chi connectivity index (χ0v) is 13.6. The second-order valence-corrected chi connectivity index (χ2v) is 5.99. The molecular weight excluding hydrogens is 358 g/mol. The van der Waals surface area contributed by atoms with Gasteiger partial charge in [-0.15, -0.1) is 0 Å². The van der Waals surface area contributed by atoms with E-state index in [2.05, 4.69) is 36.3 Å². The van der Waals surface area contributed by atoms with Crippen molar-refractivity contribution in [3.63, 3.8) is 0 Å². The molecule has 1 aliphatic heterocycles. The lowest BCUT2D eigenvalue weighted by Gasteiger charge is -2.13. The third-order valence-corrected chi connectivity index (χ3v) is 4.35. The second-order valence-electron chi connectivity index (χ2n) is 5.14. The molecule has 4 rings (SSSR count). The van der Waals surface area contributed by atoms with Gasteiger partial charge in [-0.25, -0.2) is 9.97 Å². The van der Waals surface area contributed by atoms with Crippen LogP contribution in [0.5, 0.6) is 0 Å². The summed E-state index contributed by atoms with van der Waals surface area (Å²) in [5.74, 6) is 0.514. The number of benzene rings is 1. The molecule has 0 atom stereocenters. The van der Waals surface area contributed by atoms with E-state index in [0.29, 0.717) is 36.0 Å². The standard InChI is InChI=1S/C16H12BrN5O/c17-11-4-2-1-3-10(11)15-18-6-5-12(20-15)13-9-14-16(23)19-7-8-22(14)21-13/h1-6,9H,7-8H2,(H,19,23). The molecule has 0 saturated heterocycles. The molecule has 0 aliphatic carbocycles. The van der Waals surface area contributed by atoms with Gasteiger partial charge < -0.3 is 5.32 Å². The first-order chi connectivity index (χ1) is 11.2. The maximum Gasteiger partial charge on any atom is 0.269 e. The number of carbonyl (C=O) groups is 1. The van der Waals surface area contributed by atoms with Crippen LogP contribution in [0.3, 0.4) is 0 Å². The highest BCUT2D eigenvalue weighted by Gasteiger charge is 2.20. The van der Waals surface area contributed by atoms with Crippen LogP contribution >= 0.6 is 15.9 Å². The molecule has 1 N–H and O–H groups in total. The van der Waals surface area contributed by atoms with E-state index in [9.17, 15) is 4.79 Å².